The quantitative estimate of drug-likeness (QED) is 0.543. The Morgan fingerprint density at radius 2 is 1.92 bits per heavy atom. The lowest BCUT2D eigenvalue weighted by Gasteiger charge is -2.12. The van der Waals surface area contributed by atoms with Crippen LogP contribution in [0.3, 0.4) is 0 Å². The van der Waals surface area contributed by atoms with Crippen molar-refractivity contribution in [1.29, 1.82) is 0 Å². The number of allylic oxidation sites excluding steroid dienone is 1. The minimum Gasteiger partial charge on any atom is -0.385 e. The van der Waals surface area contributed by atoms with Crippen LogP contribution < -0.4 is 0 Å². The summed E-state index contributed by atoms with van der Waals surface area (Å²) in [4.78, 5) is 0. The maximum Gasteiger partial charge on any atom is 0.0927 e. The highest BCUT2D eigenvalue weighted by molar-refractivity contribution is 6.80. The minimum atomic E-state index is -1.16. The molecule has 0 saturated heterocycles. The van der Waals surface area contributed by atoms with Crippen LogP contribution >= 0.6 is 0 Å². The van der Waals surface area contributed by atoms with Gasteiger partial charge in [-0.1, -0.05) is 44.4 Å². The van der Waals surface area contributed by atoms with Gasteiger partial charge in [-0.2, -0.15) is 0 Å². The van der Waals surface area contributed by atoms with Crippen LogP contribution in [0.4, 0.5) is 0 Å². The van der Waals surface area contributed by atoms with Crippen molar-refractivity contribution < 1.29 is 5.11 Å². The fraction of sp³-hybridized carbons (Fsp3) is 0.636. The van der Waals surface area contributed by atoms with Crippen molar-refractivity contribution in [3.63, 3.8) is 0 Å². The van der Waals surface area contributed by atoms with Gasteiger partial charge in [0, 0.05) is 0 Å². The predicted octanol–water partition coefficient (Wildman–Crippen LogP) is 3.14. The summed E-state index contributed by atoms with van der Waals surface area (Å²) in [5.41, 5.74) is 3.30. The van der Waals surface area contributed by atoms with Crippen molar-refractivity contribution in [3.05, 3.63) is 23.4 Å². The van der Waals surface area contributed by atoms with Crippen molar-refractivity contribution >= 4 is 8.07 Å². The third-order valence-electron chi connectivity index (χ3n) is 1.94. The molecule has 76 valence electrons. The Labute approximate surface area is 83.2 Å². The first-order chi connectivity index (χ1) is 5.90. The van der Waals surface area contributed by atoms with Gasteiger partial charge in [0.15, 0.2) is 0 Å². The SMILES string of the molecule is C/C=C(\CC)C(O)/C=C/[Si](C)(C)C. The summed E-state index contributed by atoms with van der Waals surface area (Å²) in [5.74, 6) is 0. The Hall–Kier alpha value is -0.343. The van der Waals surface area contributed by atoms with Gasteiger partial charge in [-0.3, -0.25) is 0 Å². The van der Waals surface area contributed by atoms with E-state index < -0.39 is 8.07 Å². The maximum absolute atomic E-state index is 9.74. The molecule has 0 aromatic heterocycles. The number of hydrogen-bond acceptors (Lipinski definition) is 1. The van der Waals surface area contributed by atoms with E-state index in [2.05, 4.69) is 32.3 Å². The Bertz CT molecular complexity index is 199. The first-order valence-electron chi connectivity index (χ1n) is 4.93. The highest BCUT2D eigenvalue weighted by Crippen LogP contribution is 2.10. The van der Waals surface area contributed by atoms with Crippen LogP contribution in [0, 0.1) is 0 Å². The number of rotatable bonds is 4. The Kier molecular flexibility index (Phi) is 5.26. The molecule has 1 unspecified atom stereocenters. The van der Waals surface area contributed by atoms with Gasteiger partial charge >= 0.3 is 0 Å². The lowest BCUT2D eigenvalue weighted by molar-refractivity contribution is 0.255. The average molecular weight is 198 g/mol. The highest BCUT2D eigenvalue weighted by Gasteiger charge is 2.09. The van der Waals surface area contributed by atoms with Crippen molar-refractivity contribution in [3.8, 4) is 0 Å². The predicted molar refractivity (Wildman–Crippen MR) is 62.5 cm³/mol. The normalized spacial score (nSPS) is 16.6. The van der Waals surface area contributed by atoms with Crippen LogP contribution in [-0.2, 0) is 0 Å². The number of hydrogen-bond donors (Lipinski definition) is 1. The second-order valence-electron chi connectivity index (χ2n) is 4.39. The third-order valence-corrected chi connectivity index (χ3v) is 3.13. The van der Waals surface area contributed by atoms with Crippen LogP contribution in [-0.4, -0.2) is 19.3 Å². The van der Waals surface area contributed by atoms with Crippen LogP contribution in [0.25, 0.3) is 0 Å². The van der Waals surface area contributed by atoms with E-state index >= 15 is 0 Å². The second-order valence-corrected chi connectivity index (χ2v) is 9.45. The van der Waals surface area contributed by atoms with E-state index in [9.17, 15) is 5.11 Å². The topological polar surface area (TPSA) is 20.2 Å². The van der Waals surface area contributed by atoms with Crippen molar-refractivity contribution in [1.82, 2.24) is 0 Å². The van der Waals surface area contributed by atoms with E-state index in [1.807, 2.05) is 19.1 Å². The molecule has 0 amide bonds. The Balaban J connectivity index is 4.30. The summed E-state index contributed by atoms with van der Waals surface area (Å²) < 4.78 is 0. The Morgan fingerprint density at radius 3 is 2.23 bits per heavy atom. The van der Waals surface area contributed by atoms with E-state index in [1.165, 1.54) is 0 Å². The molecule has 2 heteroatoms. The van der Waals surface area contributed by atoms with Crippen molar-refractivity contribution in [2.75, 3.05) is 0 Å². The van der Waals surface area contributed by atoms with Crippen LogP contribution in [0.15, 0.2) is 23.4 Å². The van der Waals surface area contributed by atoms with E-state index in [0.717, 1.165) is 12.0 Å². The summed E-state index contributed by atoms with van der Waals surface area (Å²) in [7, 11) is -1.16. The van der Waals surface area contributed by atoms with E-state index in [1.54, 1.807) is 0 Å². The molecule has 0 radical (unpaired) electrons. The van der Waals surface area contributed by atoms with Crippen LogP contribution in [0.1, 0.15) is 20.3 Å². The Morgan fingerprint density at radius 1 is 1.38 bits per heavy atom. The molecule has 0 aliphatic rings. The van der Waals surface area contributed by atoms with Gasteiger partial charge in [0.1, 0.15) is 0 Å². The van der Waals surface area contributed by atoms with E-state index in [0.29, 0.717) is 0 Å². The van der Waals surface area contributed by atoms with Crippen LogP contribution in [0.2, 0.25) is 19.6 Å². The standard InChI is InChI=1S/C11H22OSi/c1-6-10(7-2)11(12)8-9-13(3,4)5/h6,8-9,11-12H,7H2,1-5H3/b9-8+,10-6+. The van der Waals surface area contributed by atoms with Gasteiger partial charge in [-0.15, -0.1) is 0 Å². The molecule has 0 rings (SSSR count). The molecule has 0 heterocycles. The molecule has 0 bridgehead atoms. The summed E-state index contributed by atoms with van der Waals surface area (Å²) in [6.45, 7) is 10.8. The second kappa shape index (κ2) is 5.40. The van der Waals surface area contributed by atoms with E-state index in [-0.39, 0.29) is 6.10 Å². The molecule has 0 aromatic rings. The lowest BCUT2D eigenvalue weighted by Crippen LogP contribution is -2.17. The zero-order valence-corrected chi connectivity index (χ0v) is 10.5. The summed E-state index contributed by atoms with van der Waals surface area (Å²) in [6.07, 6.45) is 4.49. The minimum absolute atomic E-state index is 0.373. The molecular formula is C11H22OSi. The molecule has 13 heavy (non-hydrogen) atoms. The highest BCUT2D eigenvalue weighted by atomic mass is 28.3. The van der Waals surface area contributed by atoms with Gasteiger partial charge in [-0.05, 0) is 18.9 Å². The zero-order chi connectivity index (χ0) is 10.5. The molecule has 1 N–H and O–H groups in total. The van der Waals surface area contributed by atoms with Crippen molar-refractivity contribution in [2.45, 2.75) is 46.0 Å². The van der Waals surface area contributed by atoms with Gasteiger partial charge < -0.3 is 5.11 Å². The molecular weight excluding hydrogens is 176 g/mol. The summed E-state index contributed by atoms with van der Waals surface area (Å²) >= 11 is 0. The molecule has 1 nitrogen and oxygen atoms in total. The molecule has 0 fully saturated rings. The molecule has 0 saturated carbocycles. The van der Waals surface area contributed by atoms with Gasteiger partial charge in [0.25, 0.3) is 0 Å². The lowest BCUT2D eigenvalue weighted by atomic mass is 10.1. The zero-order valence-electron chi connectivity index (χ0n) is 9.46. The smallest absolute Gasteiger partial charge is 0.0927 e. The average Bonchev–Trinajstić information content (AvgIpc) is 2.02. The molecule has 0 aliphatic carbocycles. The first kappa shape index (κ1) is 12.7. The molecule has 0 aromatic carbocycles. The van der Waals surface area contributed by atoms with Gasteiger partial charge in [0.2, 0.25) is 0 Å². The monoisotopic (exact) mass is 198 g/mol. The van der Waals surface area contributed by atoms with Crippen molar-refractivity contribution in [2.24, 2.45) is 0 Å². The number of aliphatic hydroxyl groups excluding tert-OH is 1. The van der Waals surface area contributed by atoms with Crippen LogP contribution in [0.5, 0.6) is 0 Å². The molecule has 1 atom stereocenters. The summed E-state index contributed by atoms with van der Waals surface area (Å²) in [5, 5.41) is 9.74. The number of aliphatic hydroxyl groups is 1. The maximum atomic E-state index is 9.74. The fourth-order valence-corrected chi connectivity index (χ4v) is 1.85. The van der Waals surface area contributed by atoms with Gasteiger partial charge in [0.05, 0.1) is 14.2 Å². The molecule has 0 spiro atoms. The summed E-state index contributed by atoms with van der Waals surface area (Å²) in [6, 6.07) is 0. The fourth-order valence-electron chi connectivity index (χ4n) is 1.09. The largest absolute Gasteiger partial charge is 0.385 e. The first-order valence-corrected chi connectivity index (χ1v) is 8.51. The van der Waals surface area contributed by atoms with Gasteiger partial charge in [-0.25, -0.2) is 0 Å². The van der Waals surface area contributed by atoms with E-state index in [4.69, 9.17) is 0 Å². The third kappa shape index (κ3) is 5.83. The molecule has 0 aliphatic heterocycles.